The van der Waals surface area contributed by atoms with Crippen LogP contribution in [0.1, 0.15) is 5.82 Å². The molecule has 0 radical (unpaired) electrons. The lowest BCUT2D eigenvalue weighted by Crippen LogP contribution is -2.10. The van der Waals surface area contributed by atoms with Crippen LogP contribution in [0, 0.1) is 0 Å². The number of aromatic nitrogens is 3. The zero-order valence-corrected chi connectivity index (χ0v) is 13.7. The predicted molar refractivity (Wildman–Crippen MR) is 87.0 cm³/mol. The molecule has 0 aliphatic carbocycles. The second kappa shape index (κ2) is 5.63. The molecule has 2 aromatic heterocycles. The van der Waals surface area contributed by atoms with Gasteiger partial charge in [-0.2, -0.15) is 0 Å². The minimum atomic E-state index is 0.553. The van der Waals surface area contributed by atoms with E-state index in [0.29, 0.717) is 13.0 Å². The molecule has 0 spiro atoms. The lowest BCUT2D eigenvalue weighted by molar-refractivity contribution is 0.832. The number of benzene rings is 1. The molecule has 6 heteroatoms. The third-order valence-electron chi connectivity index (χ3n) is 3.00. The number of nitrogens with two attached hydrogens (primary N) is 1. The number of nitrogens with zero attached hydrogens (tertiary/aromatic N) is 3. The van der Waals surface area contributed by atoms with Crippen molar-refractivity contribution in [3.63, 3.8) is 0 Å². The molecule has 0 unspecified atom stereocenters. The van der Waals surface area contributed by atoms with Gasteiger partial charge in [0.2, 0.25) is 0 Å². The fraction of sp³-hybridized carbons (Fsp3) is 0.143. The van der Waals surface area contributed by atoms with Crippen molar-refractivity contribution < 1.29 is 0 Å². The molecule has 2 heterocycles. The molecule has 3 aromatic rings. The van der Waals surface area contributed by atoms with Crippen molar-refractivity contribution in [2.45, 2.75) is 6.42 Å². The lowest BCUT2D eigenvalue weighted by atomic mass is 10.3. The summed E-state index contributed by atoms with van der Waals surface area (Å²) in [4.78, 5) is 9.15. The quantitative estimate of drug-likeness (QED) is 0.738. The number of pyridine rings is 1. The minimum absolute atomic E-state index is 0.553. The van der Waals surface area contributed by atoms with Gasteiger partial charge in [-0.3, -0.25) is 4.57 Å². The zero-order chi connectivity index (χ0) is 14.1. The number of fused-ring (bicyclic) bond motifs is 1. The Bertz CT molecular complexity index is 767. The lowest BCUT2D eigenvalue weighted by Gasteiger charge is -2.10. The average Bonchev–Trinajstić information content (AvgIpc) is 2.78. The first kappa shape index (κ1) is 13.7. The van der Waals surface area contributed by atoms with E-state index in [1.54, 1.807) is 6.20 Å². The summed E-state index contributed by atoms with van der Waals surface area (Å²) in [5, 5.41) is 0. The number of rotatable bonds is 3. The molecule has 0 aliphatic rings. The summed E-state index contributed by atoms with van der Waals surface area (Å²) in [5.74, 6) is 1.74. The molecule has 20 heavy (non-hydrogen) atoms. The fourth-order valence-corrected chi connectivity index (χ4v) is 3.35. The Balaban J connectivity index is 2.30. The highest BCUT2D eigenvalue weighted by Gasteiger charge is 2.14. The first-order chi connectivity index (χ1) is 9.70. The van der Waals surface area contributed by atoms with Crippen LogP contribution in [-0.2, 0) is 6.42 Å². The third-order valence-corrected chi connectivity index (χ3v) is 4.02. The highest BCUT2D eigenvalue weighted by Crippen LogP contribution is 2.27. The number of hydrogen-bond acceptors (Lipinski definition) is 3. The number of para-hydroxylation sites is 2. The Morgan fingerprint density at radius 2 is 2.00 bits per heavy atom. The van der Waals surface area contributed by atoms with E-state index in [4.69, 9.17) is 5.73 Å². The maximum absolute atomic E-state index is 5.70. The fourth-order valence-electron chi connectivity index (χ4n) is 2.18. The monoisotopic (exact) mass is 394 g/mol. The Morgan fingerprint density at radius 3 is 2.75 bits per heavy atom. The standard InChI is InChI=1S/C14H12Br2N4/c15-9-7-10(16)14(18-8-9)20-12-4-2-1-3-11(12)19-13(20)5-6-17/h1-4,7-8H,5-6,17H2. The van der Waals surface area contributed by atoms with Crippen LogP contribution in [-0.4, -0.2) is 21.1 Å². The van der Waals surface area contributed by atoms with E-state index in [-0.39, 0.29) is 0 Å². The van der Waals surface area contributed by atoms with Crippen LogP contribution < -0.4 is 5.73 Å². The topological polar surface area (TPSA) is 56.7 Å². The molecule has 0 amide bonds. The third kappa shape index (κ3) is 2.39. The number of halogens is 2. The molecule has 0 fully saturated rings. The maximum Gasteiger partial charge on any atom is 0.152 e. The van der Waals surface area contributed by atoms with E-state index in [9.17, 15) is 0 Å². The van der Waals surface area contributed by atoms with Crippen LogP contribution in [0.2, 0.25) is 0 Å². The van der Waals surface area contributed by atoms with Gasteiger partial charge in [0.05, 0.1) is 15.5 Å². The van der Waals surface area contributed by atoms with Crippen molar-refractivity contribution >= 4 is 42.9 Å². The predicted octanol–water partition coefficient (Wildman–Crippen LogP) is 3.45. The molecular formula is C14H12Br2N4. The van der Waals surface area contributed by atoms with Crippen molar-refractivity contribution in [1.82, 2.24) is 14.5 Å². The largest absolute Gasteiger partial charge is 0.330 e. The van der Waals surface area contributed by atoms with E-state index >= 15 is 0 Å². The van der Waals surface area contributed by atoms with Crippen molar-refractivity contribution in [2.24, 2.45) is 5.73 Å². The van der Waals surface area contributed by atoms with E-state index in [1.807, 2.05) is 30.3 Å². The van der Waals surface area contributed by atoms with Crippen LogP contribution in [0.25, 0.3) is 16.9 Å². The summed E-state index contributed by atoms with van der Waals surface area (Å²) in [6.45, 7) is 0.553. The van der Waals surface area contributed by atoms with Gasteiger partial charge < -0.3 is 5.73 Å². The average molecular weight is 396 g/mol. The van der Waals surface area contributed by atoms with Gasteiger partial charge in [-0.05, 0) is 56.6 Å². The Labute approximate surface area is 133 Å². The van der Waals surface area contributed by atoms with Crippen LogP contribution in [0.5, 0.6) is 0 Å². The summed E-state index contributed by atoms with van der Waals surface area (Å²) in [7, 11) is 0. The normalized spacial score (nSPS) is 11.2. The van der Waals surface area contributed by atoms with Crippen molar-refractivity contribution in [3.05, 3.63) is 51.3 Å². The molecule has 102 valence electrons. The molecule has 0 saturated carbocycles. The first-order valence-corrected chi connectivity index (χ1v) is 7.77. The Kier molecular flexibility index (Phi) is 3.87. The number of hydrogen-bond donors (Lipinski definition) is 1. The molecule has 4 nitrogen and oxygen atoms in total. The van der Waals surface area contributed by atoms with Gasteiger partial charge in [-0.25, -0.2) is 9.97 Å². The van der Waals surface area contributed by atoms with E-state index in [2.05, 4.69) is 46.4 Å². The first-order valence-electron chi connectivity index (χ1n) is 6.18. The van der Waals surface area contributed by atoms with Crippen molar-refractivity contribution in [2.75, 3.05) is 6.54 Å². The van der Waals surface area contributed by atoms with E-state index in [0.717, 1.165) is 31.6 Å². The van der Waals surface area contributed by atoms with E-state index < -0.39 is 0 Å². The van der Waals surface area contributed by atoms with Gasteiger partial charge in [0.15, 0.2) is 5.82 Å². The van der Waals surface area contributed by atoms with Crippen LogP contribution in [0.4, 0.5) is 0 Å². The second-order valence-electron chi connectivity index (χ2n) is 4.35. The maximum atomic E-state index is 5.70. The molecule has 2 N–H and O–H groups in total. The highest BCUT2D eigenvalue weighted by molar-refractivity contribution is 9.11. The van der Waals surface area contributed by atoms with Crippen LogP contribution in [0.15, 0.2) is 45.5 Å². The number of imidazole rings is 1. The Morgan fingerprint density at radius 1 is 1.20 bits per heavy atom. The minimum Gasteiger partial charge on any atom is -0.330 e. The summed E-state index contributed by atoms with van der Waals surface area (Å²) in [5.41, 5.74) is 7.68. The van der Waals surface area contributed by atoms with Gasteiger partial charge in [0.1, 0.15) is 5.82 Å². The second-order valence-corrected chi connectivity index (χ2v) is 6.12. The molecule has 0 atom stereocenters. The molecule has 1 aromatic carbocycles. The van der Waals surface area contributed by atoms with Gasteiger partial charge in [0.25, 0.3) is 0 Å². The zero-order valence-electron chi connectivity index (χ0n) is 10.6. The summed E-state index contributed by atoms with van der Waals surface area (Å²) >= 11 is 6.99. The summed E-state index contributed by atoms with van der Waals surface area (Å²) < 4.78 is 3.89. The van der Waals surface area contributed by atoms with Crippen molar-refractivity contribution in [3.8, 4) is 5.82 Å². The Hall–Kier alpha value is -1.24. The highest BCUT2D eigenvalue weighted by atomic mass is 79.9. The SMILES string of the molecule is NCCc1nc2ccccc2n1-c1ncc(Br)cc1Br. The van der Waals surface area contributed by atoms with Gasteiger partial charge in [0, 0.05) is 17.1 Å². The smallest absolute Gasteiger partial charge is 0.152 e. The summed E-state index contributed by atoms with van der Waals surface area (Å²) in [6, 6.07) is 10.00. The van der Waals surface area contributed by atoms with Crippen molar-refractivity contribution in [1.29, 1.82) is 0 Å². The molecular weight excluding hydrogens is 384 g/mol. The van der Waals surface area contributed by atoms with Gasteiger partial charge >= 0.3 is 0 Å². The van der Waals surface area contributed by atoms with E-state index in [1.165, 1.54) is 0 Å². The summed E-state index contributed by atoms with van der Waals surface area (Å²) in [6.07, 6.45) is 2.49. The van der Waals surface area contributed by atoms with Gasteiger partial charge in [-0.1, -0.05) is 12.1 Å². The van der Waals surface area contributed by atoms with Gasteiger partial charge in [-0.15, -0.1) is 0 Å². The molecule has 3 rings (SSSR count). The molecule has 0 bridgehead atoms. The van der Waals surface area contributed by atoms with Crippen LogP contribution >= 0.6 is 31.9 Å². The molecule has 0 saturated heterocycles. The molecule has 0 aliphatic heterocycles. The van der Waals surface area contributed by atoms with Crippen LogP contribution in [0.3, 0.4) is 0 Å².